The van der Waals surface area contributed by atoms with E-state index in [0.717, 1.165) is 18.9 Å². The maximum absolute atomic E-state index is 11.4. The molecular weight excluding hydrogens is 238 g/mol. The molecule has 0 saturated heterocycles. The SMILES string of the molecule is CN(CCC1CC1)c1ncccc1S(N)(=O)=O. The monoisotopic (exact) mass is 255 g/mol. The first-order valence-electron chi connectivity index (χ1n) is 5.67. The van der Waals surface area contributed by atoms with Crippen molar-refractivity contribution in [1.82, 2.24) is 4.98 Å². The topological polar surface area (TPSA) is 76.3 Å². The molecule has 0 amide bonds. The minimum atomic E-state index is -3.71. The minimum absolute atomic E-state index is 0.0956. The van der Waals surface area contributed by atoms with Gasteiger partial charge in [-0.3, -0.25) is 0 Å². The normalized spacial score (nSPS) is 15.9. The average Bonchev–Trinajstić information content (AvgIpc) is 3.08. The van der Waals surface area contributed by atoms with Crippen LogP contribution >= 0.6 is 0 Å². The van der Waals surface area contributed by atoms with Gasteiger partial charge in [-0.1, -0.05) is 12.8 Å². The summed E-state index contributed by atoms with van der Waals surface area (Å²) in [4.78, 5) is 6.07. The number of hydrogen-bond donors (Lipinski definition) is 1. The van der Waals surface area contributed by atoms with E-state index in [0.29, 0.717) is 5.82 Å². The lowest BCUT2D eigenvalue weighted by molar-refractivity contribution is 0.596. The Morgan fingerprint density at radius 3 is 2.82 bits per heavy atom. The maximum atomic E-state index is 11.4. The van der Waals surface area contributed by atoms with E-state index in [1.807, 2.05) is 11.9 Å². The van der Waals surface area contributed by atoms with E-state index in [9.17, 15) is 8.42 Å². The number of rotatable bonds is 5. The smallest absolute Gasteiger partial charge is 0.241 e. The molecule has 0 atom stereocenters. The molecule has 0 spiro atoms. The van der Waals surface area contributed by atoms with E-state index < -0.39 is 10.0 Å². The molecule has 0 bridgehead atoms. The van der Waals surface area contributed by atoms with Gasteiger partial charge in [0.25, 0.3) is 0 Å². The van der Waals surface area contributed by atoms with E-state index in [1.54, 1.807) is 12.3 Å². The Bertz CT molecular complexity index is 497. The first-order chi connectivity index (χ1) is 7.98. The van der Waals surface area contributed by atoms with Crippen molar-refractivity contribution in [2.75, 3.05) is 18.5 Å². The van der Waals surface area contributed by atoms with Gasteiger partial charge in [-0.25, -0.2) is 18.5 Å². The molecule has 0 radical (unpaired) electrons. The summed E-state index contributed by atoms with van der Waals surface area (Å²) in [7, 11) is -1.86. The van der Waals surface area contributed by atoms with Crippen LogP contribution in [0.2, 0.25) is 0 Å². The fourth-order valence-corrected chi connectivity index (χ4v) is 2.51. The fraction of sp³-hybridized carbons (Fsp3) is 0.545. The van der Waals surface area contributed by atoms with E-state index >= 15 is 0 Å². The van der Waals surface area contributed by atoms with Crippen LogP contribution in [-0.4, -0.2) is 27.0 Å². The largest absolute Gasteiger partial charge is 0.359 e. The van der Waals surface area contributed by atoms with Gasteiger partial charge in [0.2, 0.25) is 10.0 Å². The highest BCUT2D eigenvalue weighted by atomic mass is 32.2. The number of aromatic nitrogens is 1. The van der Waals surface area contributed by atoms with E-state index in [2.05, 4.69) is 4.98 Å². The number of hydrogen-bond acceptors (Lipinski definition) is 4. The average molecular weight is 255 g/mol. The maximum Gasteiger partial charge on any atom is 0.241 e. The molecule has 1 aromatic heterocycles. The van der Waals surface area contributed by atoms with Crippen LogP contribution in [0.15, 0.2) is 23.2 Å². The summed E-state index contributed by atoms with van der Waals surface area (Å²) in [6, 6.07) is 3.07. The summed E-state index contributed by atoms with van der Waals surface area (Å²) in [5.74, 6) is 1.25. The molecule has 5 nitrogen and oxygen atoms in total. The highest BCUT2D eigenvalue weighted by Crippen LogP contribution is 2.33. The van der Waals surface area contributed by atoms with E-state index in [4.69, 9.17) is 5.14 Å². The van der Waals surface area contributed by atoms with Crippen molar-refractivity contribution in [3.8, 4) is 0 Å². The molecular formula is C11H17N3O2S. The Hall–Kier alpha value is -1.14. The lowest BCUT2D eigenvalue weighted by Crippen LogP contribution is -2.24. The second-order valence-electron chi connectivity index (χ2n) is 4.52. The molecule has 1 saturated carbocycles. The van der Waals surface area contributed by atoms with Gasteiger partial charge in [0, 0.05) is 19.8 Å². The first-order valence-corrected chi connectivity index (χ1v) is 7.22. The molecule has 1 heterocycles. The quantitative estimate of drug-likeness (QED) is 0.850. The summed E-state index contributed by atoms with van der Waals surface area (Å²) in [6.07, 6.45) is 5.24. The summed E-state index contributed by atoms with van der Waals surface area (Å²) in [6.45, 7) is 0.810. The Balaban J connectivity index is 2.18. The fourth-order valence-electron chi connectivity index (χ4n) is 1.78. The number of pyridine rings is 1. The molecule has 94 valence electrons. The summed E-state index contributed by atoms with van der Waals surface area (Å²) < 4.78 is 22.8. The second kappa shape index (κ2) is 4.62. The molecule has 2 N–H and O–H groups in total. The van der Waals surface area contributed by atoms with Gasteiger partial charge in [0.1, 0.15) is 10.7 Å². The van der Waals surface area contributed by atoms with Crippen molar-refractivity contribution in [3.63, 3.8) is 0 Å². The molecule has 1 fully saturated rings. The van der Waals surface area contributed by atoms with Gasteiger partial charge < -0.3 is 4.90 Å². The molecule has 1 aliphatic carbocycles. The lowest BCUT2D eigenvalue weighted by atomic mass is 10.3. The third-order valence-electron chi connectivity index (χ3n) is 2.99. The molecule has 17 heavy (non-hydrogen) atoms. The van der Waals surface area contributed by atoms with Crippen molar-refractivity contribution in [2.45, 2.75) is 24.2 Å². The van der Waals surface area contributed by atoms with E-state index in [1.165, 1.54) is 18.9 Å². The summed E-state index contributed by atoms with van der Waals surface area (Å²) >= 11 is 0. The van der Waals surface area contributed by atoms with Gasteiger partial charge in [-0.05, 0) is 24.5 Å². The van der Waals surface area contributed by atoms with Gasteiger partial charge in [0.15, 0.2) is 0 Å². The Morgan fingerprint density at radius 2 is 2.24 bits per heavy atom. The van der Waals surface area contributed by atoms with Crippen molar-refractivity contribution in [1.29, 1.82) is 0 Å². The van der Waals surface area contributed by atoms with Crippen LogP contribution in [0.3, 0.4) is 0 Å². The van der Waals surface area contributed by atoms with Crippen LogP contribution in [0, 0.1) is 5.92 Å². The molecule has 6 heteroatoms. The number of nitrogens with two attached hydrogens (primary N) is 1. The molecule has 0 unspecified atom stereocenters. The van der Waals surface area contributed by atoms with E-state index in [-0.39, 0.29) is 4.90 Å². The number of sulfonamides is 1. The molecule has 0 aliphatic heterocycles. The Labute approximate surface area is 102 Å². The van der Waals surface area contributed by atoms with Crippen molar-refractivity contribution in [2.24, 2.45) is 11.1 Å². The zero-order valence-corrected chi connectivity index (χ0v) is 10.7. The second-order valence-corrected chi connectivity index (χ2v) is 6.05. The Kier molecular flexibility index (Phi) is 3.35. The third-order valence-corrected chi connectivity index (χ3v) is 3.92. The van der Waals surface area contributed by atoms with Crippen LogP contribution in [0.5, 0.6) is 0 Å². The number of primary sulfonamides is 1. The highest BCUT2D eigenvalue weighted by Gasteiger charge is 2.23. The van der Waals surface area contributed by atoms with Crippen LogP contribution in [0.25, 0.3) is 0 Å². The van der Waals surface area contributed by atoms with Crippen LogP contribution in [0.1, 0.15) is 19.3 Å². The third kappa shape index (κ3) is 3.17. The van der Waals surface area contributed by atoms with Crippen LogP contribution in [-0.2, 0) is 10.0 Å². The standard InChI is InChI=1S/C11H17N3O2S/c1-14(8-6-9-4-5-9)11-10(17(12,15)16)3-2-7-13-11/h2-3,7,9H,4-6,8H2,1H3,(H2,12,15,16). The van der Waals surface area contributed by atoms with Gasteiger partial charge in [0.05, 0.1) is 0 Å². The molecule has 1 aromatic rings. The zero-order valence-electron chi connectivity index (χ0n) is 9.83. The lowest BCUT2D eigenvalue weighted by Gasteiger charge is -2.19. The zero-order chi connectivity index (χ0) is 12.5. The van der Waals surface area contributed by atoms with Crippen molar-refractivity contribution in [3.05, 3.63) is 18.3 Å². The van der Waals surface area contributed by atoms with Gasteiger partial charge in [-0.15, -0.1) is 0 Å². The van der Waals surface area contributed by atoms with Crippen LogP contribution in [0.4, 0.5) is 5.82 Å². The predicted molar refractivity (Wildman–Crippen MR) is 66.2 cm³/mol. The Morgan fingerprint density at radius 1 is 1.53 bits per heavy atom. The van der Waals surface area contributed by atoms with Crippen LogP contribution < -0.4 is 10.0 Å². The molecule has 2 rings (SSSR count). The molecule has 0 aromatic carbocycles. The number of nitrogens with zero attached hydrogens (tertiary/aromatic N) is 2. The van der Waals surface area contributed by atoms with Gasteiger partial charge in [-0.2, -0.15) is 0 Å². The summed E-state index contributed by atoms with van der Waals surface area (Å²) in [5.41, 5.74) is 0. The predicted octanol–water partition coefficient (Wildman–Crippen LogP) is 0.965. The minimum Gasteiger partial charge on any atom is -0.359 e. The first kappa shape index (κ1) is 12.3. The summed E-state index contributed by atoms with van der Waals surface area (Å²) in [5, 5.41) is 5.17. The van der Waals surface area contributed by atoms with Gasteiger partial charge >= 0.3 is 0 Å². The number of anilines is 1. The molecule has 1 aliphatic rings. The highest BCUT2D eigenvalue weighted by molar-refractivity contribution is 7.89. The van der Waals surface area contributed by atoms with Crippen molar-refractivity contribution < 1.29 is 8.42 Å². The van der Waals surface area contributed by atoms with Crippen molar-refractivity contribution >= 4 is 15.8 Å².